The minimum absolute atomic E-state index is 0.204. The summed E-state index contributed by atoms with van der Waals surface area (Å²) in [6, 6.07) is 0. The molecule has 5 nitrogen and oxygen atoms in total. The van der Waals surface area contributed by atoms with Gasteiger partial charge >= 0.3 is 18.1 Å². The zero-order valence-corrected chi connectivity index (χ0v) is 14.4. The standard InChI is InChI=1S/C16H25F3O5/c1-10(23-12(20)9-15(4,22)16(17,18)19)13(21)24-14(2,3)11-7-5-6-8-11/h10-11,22H,5-9H2,1-4H3. The highest BCUT2D eigenvalue weighted by molar-refractivity contribution is 5.79. The van der Waals surface area contributed by atoms with Crippen molar-refractivity contribution in [1.82, 2.24) is 0 Å². The first-order valence-corrected chi connectivity index (χ1v) is 7.98. The summed E-state index contributed by atoms with van der Waals surface area (Å²) in [5.74, 6) is -1.93. The average molecular weight is 354 g/mol. The molecule has 1 rings (SSSR count). The highest BCUT2D eigenvalue weighted by Gasteiger charge is 2.51. The van der Waals surface area contributed by atoms with Crippen molar-refractivity contribution in [2.75, 3.05) is 0 Å². The summed E-state index contributed by atoms with van der Waals surface area (Å²) in [5.41, 5.74) is -3.94. The highest BCUT2D eigenvalue weighted by Crippen LogP contribution is 2.36. The van der Waals surface area contributed by atoms with E-state index in [-0.39, 0.29) is 5.92 Å². The molecule has 0 spiro atoms. The lowest BCUT2D eigenvalue weighted by molar-refractivity contribution is -0.256. The monoisotopic (exact) mass is 354 g/mol. The zero-order chi connectivity index (χ0) is 18.8. The lowest BCUT2D eigenvalue weighted by Crippen LogP contribution is -2.45. The SMILES string of the molecule is CC(OC(=O)CC(C)(O)C(F)(F)F)C(=O)OC(C)(C)C1CCCC1. The van der Waals surface area contributed by atoms with Gasteiger partial charge in [-0.3, -0.25) is 4.79 Å². The number of alkyl halides is 3. The van der Waals surface area contributed by atoms with E-state index < -0.39 is 41.8 Å². The Morgan fingerprint density at radius 2 is 1.67 bits per heavy atom. The molecule has 0 aromatic heterocycles. The van der Waals surface area contributed by atoms with Gasteiger partial charge in [0.05, 0.1) is 6.42 Å². The number of hydrogen-bond acceptors (Lipinski definition) is 5. The third-order valence-corrected chi connectivity index (χ3v) is 4.44. The Bertz CT molecular complexity index is 465. The minimum Gasteiger partial charge on any atom is -0.457 e. The molecule has 0 bridgehead atoms. The molecule has 1 fully saturated rings. The number of halogens is 3. The van der Waals surface area contributed by atoms with Crippen LogP contribution in [0, 0.1) is 5.92 Å². The lowest BCUT2D eigenvalue weighted by atomic mass is 9.89. The van der Waals surface area contributed by atoms with Gasteiger partial charge in [0, 0.05) is 0 Å². The van der Waals surface area contributed by atoms with Gasteiger partial charge in [0.2, 0.25) is 0 Å². The summed E-state index contributed by atoms with van der Waals surface area (Å²) in [7, 11) is 0. The van der Waals surface area contributed by atoms with Crippen molar-refractivity contribution in [3.05, 3.63) is 0 Å². The van der Waals surface area contributed by atoms with Gasteiger partial charge in [-0.1, -0.05) is 12.8 Å². The van der Waals surface area contributed by atoms with Gasteiger partial charge in [-0.05, 0) is 46.5 Å². The van der Waals surface area contributed by atoms with Crippen molar-refractivity contribution in [1.29, 1.82) is 0 Å². The van der Waals surface area contributed by atoms with Crippen LogP contribution < -0.4 is 0 Å². The second-order valence-corrected chi connectivity index (χ2v) is 7.09. The van der Waals surface area contributed by atoms with E-state index in [4.69, 9.17) is 4.74 Å². The van der Waals surface area contributed by atoms with E-state index in [0.29, 0.717) is 6.92 Å². The van der Waals surface area contributed by atoms with Crippen LogP contribution >= 0.6 is 0 Å². The van der Waals surface area contributed by atoms with Crippen molar-refractivity contribution >= 4 is 11.9 Å². The van der Waals surface area contributed by atoms with Crippen molar-refractivity contribution in [3.8, 4) is 0 Å². The van der Waals surface area contributed by atoms with E-state index in [2.05, 4.69) is 4.74 Å². The van der Waals surface area contributed by atoms with E-state index in [1.165, 1.54) is 6.92 Å². The molecular weight excluding hydrogens is 329 g/mol. The maximum Gasteiger partial charge on any atom is 0.417 e. The van der Waals surface area contributed by atoms with Crippen molar-refractivity contribution < 1.29 is 37.3 Å². The molecule has 8 heteroatoms. The van der Waals surface area contributed by atoms with Crippen LogP contribution in [0.1, 0.15) is 59.8 Å². The fourth-order valence-electron chi connectivity index (χ4n) is 2.71. The zero-order valence-electron chi connectivity index (χ0n) is 14.4. The predicted molar refractivity (Wildman–Crippen MR) is 79.0 cm³/mol. The van der Waals surface area contributed by atoms with Crippen LogP contribution in [0.3, 0.4) is 0 Å². The molecular formula is C16H25F3O5. The molecule has 0 aliphatic heterocycles. The Hall–Kier alpha value is -1.31. The molecule has 0 radical (unpaired) electrons. The summed E-state index contributed by atoms with van der Waals surface area (Å²) in [4.78, 5) is 23.6. The molecule has 24 heavy (non-hydrogen) atoms. The molecule has 2 atom stereocenters. The van der Waals surface area contributed by atoms with E-state index in [1.807, 2.05) is 0 Å². The molecule has 0 amide bonds. The smallest absolute Gasteiger partial charge is 0.417 e. The van der Waals surface area contributed by atoms with Gasteiger partial charge in [-0.2, -0.15) is 13.2 Å². The molecule has 1 N–H and O–H groups in total. The van der Waals surface area contributed by atoms with Gasteiger partial charge in [-0.15, -0.1) is 0 Å². The van der Waals surface area contributed by atoms with Crippen LogP contribution in [0.15, 0.2) is 0 Å². The number of carbonyl (C=O) groups is 2. The Morgan fingerprint density at radius 1 is 1.17 bits per heavy atom. The van der Waals surface area contributed by atoms with Crippen molar-refractivity contribution in [2.45, 2.75) is 83.3 Å². The second-order valence-electron chi connectivity index (χ2n) is 7.09. The summed E-state index contributed by atoms with van der Waals surface area (Å²) in [6.45, 7) is 5.24. The minimum atomic E-state index is -4.97. The van der Waals surface area contributed by atoms with Crippen LogP contribution in [0.25, 0.3) is 0 Å². The van der Waals surface area contributed by atoms with Crippen LogP contribution in [0.2, 0.25) is 0 Å². The second kappa shape index (κ2) is 7.29. The number of rotatable bonds is 6. The maximum absolute atomic E-state index is 12.5. The molecule has 1 aliphatic rings. The van der Waals surface area contributed by atoms with Crippen LogP contribution in [-0.4, -0.2) is 40.5 Å². The lowest BCUT2D eigenvalue weighted by Gasteiger charge is -2.32. The summed E-state index contributed by atoms with van der Waals surface area (Å²) < 4.78 is 47.7. The van der Waals surface area contributed by atoms with E-state index >= 15 is 0 Å². The van der Waals surface area contributed by atoms with Gasteiger partial charge in [0.1, 0.15) is 5.60 Å². The highest BCUT2D eigenvalue weighted by atomic mass is 19.4. The number of ether oxygens (including phenoxy) is 2. The summed E-state index contributed by atoms with van der Waals surface area (Å²) in [6.07, 6.45) is -3.63. The fraction of sp³-hybridized carbons (Fsp3) is 0.875. The first-order valence-electron chi connectivity index (χ1n) is 7.98. The van der Waals surface area contributed by atoms with Crippen LogP contribution in [0.5, 0.6) is 0 Å². The van der Waals surface area contributed by atoms with Crippen molar-refractivity contribution in [3.63, 3.8) is 0 Å². The number of esters is 2. The van der Waals surface area contributed by atoms with Gasteiger partial charge in [0.25, 0.3) is 0 Å². The Labute approximate surface area is 139 Å². The largest absolute Gasteiger partial charge is 0.457 e. The Morgan fingerprint density at radius 3 is 2.12 bits per heavy atom. The fourth-order valence-corrected chi connectivity index (χ4v) is 2.71. The third kappa shape index (κ3) is 5.36. The quantitative estimate of drug-likeness (QED) is 0.742. The molecule has 140 valence electrons. The van der Waals surface area contributed by atoms with E-state index in [1.54, 1.807) is 13.8 Å². The molecule has 0 heterocycles. The topological polar surface area (TPSA) is 72.8 Å². The first-order chi connectivity index (χ1) is 10.8. The summed E-state index contributed by atoms with van der Waals surface area (Å²) in [5, 5.41) is 9.26. The molecule has 1 saturated carbocycles. The van der Waals surface area contributed by atoms with Crippen LogP contribution in [0.4, 0.5) is 13.2 Å². The predicted octanol–water partition coefficient (Wildman–Crippen LogP) is 3.13. The first kappa shape index (κ1) is 20.7. The van der Waals surface area contributed by atoms with Gasteiger partial charge in [-0.25, -0.2) is 4.79 Å². The number of aliphatic hydroxyl groups is 1. The third-order valence-electron chi connectivity index (χ3n) is 4.44. The molecule has 0 aromatic carbocycles. The normalized spacial score (nSPS) is 20.3. The van der Waals surface area contributed by atoms with Crippen LogP contribution in [-0.2, 0) is 19.1 Å². The molecule has 0 saturated heterocycles. The van der Waals surface area contributed by atoms with E-state index in [0.717, 1.165) is 25.7 Å². The number of hydrogen-bond donors (Lipinski definition) is 1. The van der Waals surface area contributed by atoms with E-state index in [9.17, 15) is 27.9 Å². The molecule has 1 aliphatic carbocycles. The average Bonchev–Trinajstić information content (AvgIpc) is 2.90. The van der Waals surface area contributed by atoms with Gasteiger partial charge in [0.15, 0.2) is 11.7 Å². The van der Waals surface area contributed by atoms with Crippen molar-refractivity contribution in [2.24, 2.45) is 5.92 Å². The maximum atomic E-state index is 12.5. The summed E-state index contributed by atoms with van der Waals surface area (Å²) >= 11 is 0. The Balaban J connectivity index is 2.56. The van der Waals surface area contributed by atoms with Gasteiger partial charge < -0.3 is 14.6 Å². The number of carbonyl (C=O) groups excluding carboxylic acids is 2. The molecule has 2 unspecified atom stereocenters. The molecule has 0 aromatic rings. The Kier molecular flexibility index (Phi) is 6.30.